The van der Waals surface area contributed by atoms with Gasteiger partial charge in [0.15, 0.2) is 0 Å². The van der Waals surface area contributed by atoms with Gasteiger partial charge in [-0.05, 0) is 38.5 Å². The Kier molecular flexibility index (Phi) is 5.00. The number of nitrogens with two attached hydrogens (primary N) is 1. The maximum Gasteiger partial charge on any atom is 0.239 e. The van der Waals surface area contributed by atoms with E-state index < -0.39 is 11.5 Å². The van der Waals surface area contributed by atoms with Gasteiger partial charge in [0, 0.05) is 23.7 Å². The van der Waals surface area contributed by atoms with Gasteiger partial charge in [0.05, 0.1) is 10.7 Å². The number of benzene rings is 1. The number of amides is 2. The summed E-state index contributed by atoms with van der Waals surface area (Å²) in [5.41, 5.74) is 5.84. The molecule has 7 heteroatoms. The Hall–Kier alpha value is -1.30. The van der Waals surface area contributed by atoms with E-state index in [1.165, 1.54) is 4.90 Å². The molecule has 1 aromatic carbocycles. The molecule has 0 aromatic heterocycles. The number of carbonyl (C=O) groups excluding carboxylic acids is 2. The maximum absolute atomic E-state index is 12.5. The lowest BCUT2D eigenvalue weighted by Crippen LogP contribution is -2.47. The van der Waals surface area contributed by atoms with Gasteiger partial charge in [0.2, 0.25) is 11.8 Å². The predicted molar refractivity (Wildman–Crippen MR) is 88.2 cm³/mol. The number of nitrogens with one attached hydrogen (secondary N) is 1. The van der Waals surface area contributed by atoms with Gasteiger partial charge in [-0.2, -0.15) is 0 Å². The third-order valence-corrected chi connectivity index (χ3v) is 3.99. The molecule has 1 aliphatic rings. The lowest BCUT2D eigenvalue weighted by atomic mass is 10.0. The zero-order valence-electron chi connectivity index (χ0n) is 12.5. The van der Waals surface area contributed by atoms with Gasteiger partial charge in [0.25, 0.3) is 0 Å². The van der Waals surface area contributed by atoms with E-state index in [0.717, 1.165) is 0 Å². The smallest absolute Gasteiger partial charge is 0.239 e. The van der Waals surface area contributed by atoms with Gasteiger partial charge in [0.1, 0.15) is 5.92 Å². The molecule has 1 aromatic rings. The summed E-state index contributed by atoms with van der Waals surface area (Å²) in [4.78, 5) is 26.1. The molecule has 22 heavy (non-hydrogen) atoms. The molecule has 1 aliphatic heterocycles. The molecule has 5 nitrogen and oxygen atoms in total. The molecule has 1 atom stereocenters. The Morgan fingerprint density at radius 1 is 1.45 bits per heavy atom. The number of carbonyl (C=O) groups is 2. The Labute approximate surface area is 139 Å². The topological polar surface area (TPSA) is 75.4 Å². The maximum atomic E-state index is 12.5. The number of halogens is 2. The number of hydrogen-bond acceptors (Lipinski definition) is 3. The minimum absolute atomic E-state index is 0.267. The van der Waals surface area contributed by atoms with Crippen LogP contribution in [0.5, 0.6) is 0 Å². The minimum atomic E-state index is -0.711. The van der Waals surface area contributed by atoms with Crippen LogP contribution >= 0.6 is 23.2 Å². The summed E-state index contributed by atoms with van der Waals surface area (Å²) in [5.74, 6) is -1.28. The summed E-state index contributed by atoms with van der Waals surface area (Å²) in [6, 6.07) is 4.92. The van der Waals surface area contributed by atoms with Crippen LogP contribution in [0.1, 0.15) is 20.3 Å². The van der Waals surface area contributed by atoms with Crippen molar-refractivity contribution in [3.05, 3.63) is 28.2 Å². The summed E-state index contributed by atoms with van der Waals surface area (Å²) in [7, 11) is 0. The highest BCUT2D eigenvalue weighted by Gasteiger charge is 2.38. The summed E-state index contributed by atoms with van der Waals surface area (Å²) in [6.07, 6.45) is 0.443. The van der Waals surface area contributed by atoms with Crippen molar-refractivity contribution < 1.29 is 9.59 Å². The van der Waals surface area contributed by atoms with Crippen LogP contribution in [0.2, 0.25) is 10.0 Å². The molecule has 0 bridgehead atoms. The Morgan fingerprint density at radius 2 is 2.14 bits per heavy atom. The Balaban J connectivity index is 2.09. The molecular weight excluding hydrogens is 325 g/mol. The highest BCUT2D eigenvalue weighted by molar-refractivity contribution is 6.36. The standard InChI is InChI=1S/C15H19Cl2N3O2/c1-15(2,18)8-19-13(21)10-5-6-20(14(10)22)12-7-9(16)3-4-11(12)17/h3-4,7,10H,5-6,8,18H2,1-2H3,(H,19,21). The summed E-state index contributed by atoms with van der Waals surface area (Å²) >= 11 is 12.1. The molecule has 1 fully saturated rings. The van der Waals surface area contributed by atoms with Gasteiger partial charge >= 0.3 is 0 Å². The van der Waals surface area contributed by atoms with Crippen LogP contribution in [0, 0.1) is 5.92 Å². The molecule has 2 amide bonds. The van der Waals surface area contributed by atoms with Crippen molar-refractivity contribution >= 4 is 40.7 Å². The zero-order chi connectivity index (χ0) is 16.5. The number of nitrogens with zero attached hydrogens (tertiary/aromatic N) is 1. The summed E-state index contributed by atoms with van der Waals surface area (Å²) in [6.45, 7) is 4.36. The lowest BCUT2D eigenvalue weighted by molar-refractivity contribution is -0.132. The van der Waals surface area contributed by atoms with E-state index in [4.69, 9.17) is 28.9 Å². The average Bonchev–Trinajstić information content (AvgIpc) is 2.80. The van der Waals surface area contributed by atoms with Gasteiger partial charge in [-0.1, -0.05) is 23.2 Å². The molecule has 1 heterocycles. The van der Waals surface area contributed by atoms with Crippen LogP contribution in [0.15, 0.2) is 18.2 Å². The summed E-state index contributed by atoms with van der Waals surface area (Å²) in [5, 5.41) is 3.65. The fraction of sp³-hybridized carbons (Fsp3) is 0.467. The molecular formula is C15H19Cl2N3O2. The van der Waals surface area contributed by atoms with E-state index in [-0.39, 0.29) is 11.8 Å². The van der Waals surface area contributed by atoms with Crippen molar-refractivity contribution in [1.29, 1.82) is 0 Å². The third kappa shape index (κ3) is 3.91. The van der Waals surface area contributed by atoms with Gasteiger partial charge in [-0.25, -0.2) is 0 Å². The third-order valence-electron chi connectivity index (χ3n) is 3.44. The van der Waals surface area contributed by atoms with Crippen LogP contribution in [-0.2, 0) is 9.59 Å². The van der Waals surface area contributed by atoms with Crippen molar-refractivity contribution in [2.45, 2.75) is 25.8 Å². The van der Waals surface area contributed by atoms with E-state index in [1.54, 1.807) is 18.2 Å². The second-order valence-corrected chi connectivity index (χ2v) is 6.98. The average molecular weight is 344 g/mol. The fourth-order valence-electron chi connectivity index (χ4n) is 2.29. The SMILES string of the molecule is CC(C)(N)CNC(=O)C1CCN(c2cc(Cl)ccc2Cl)C1=O. The molecule has 0 spiro atoms. The van der Waals surface area contributed by atoms with Crippen LogP contribution in [0.3, 0.4) is 0 Å². The fourth-order valence-corrected chi connectivity index (χ4v) is 2.68. The molecule has 1 saturated heterocycles. The van der Waals surface area contributed by atoms with Gasteiger partial charge in [-0.15, -0.1) is 0 Å². The monoisotopic (exact) mass is 343 g/mol. The molecule has 120 valence electrons. The van der Waals surface area contributed by atoms with E-state index in [9.17, 15) is 9.59 Å². The second kappa shape index (κ2) is 6.44. The number of anilines is 1. The second-order valence-electron chi connectivity index (χ2n) is 6.13. The first-order chi connectivity index (χ1) is 10.2. The van der Waals surface area contributed by atoms with Crippen molar-refractivity contribution in [2.24, 2.45) is 11.7 Å². The number of rotatable bonds is 4. The van der Waals surface area contributed by atoms with Crippen LogP contribution in [-0.4, -0.2) is 30.4 Å². The molecule has 0 radical (unpaired) electrons. The first-order valence-corrected chi connectivity index (χ1v) is 7.77. The zero-order valence-corrected chi connectivity index (χ0v) is 14.0. The van der Waals surface area contributed by atoms with Crippen molar-refractivity contribution in [2.75, 3.05) is 18.0 Å². The van der Waals surface area contributed by atoms with Crippen LogP contribution < -0.4 is 16.0 Å². The predicted octanol–water partition coefficient (Wildman–Crippen LogP) is 2.20. The highest BCUT2D eigenvalue weighted by Crippen LogP contribution is 2.33. The molecule has 1 unspecified atom stereocenters. The molecule has 0 aliphatic carbocycles. The molecule has 2 rings (SSSR count). The minimum Gasteiger partial charge on any atom is -0.354 e. The number of hydrogen-bond donors (Lipinski definition) is 2. The largest absolute Gasteiger partial charge is 0.354 e. The van der Waals surface area contributed by atoms with Crippen molar-refractivity contribution in [1.82, 2.24) is 5.32 Å². The van der Waals surface area contributed by atoms with E-state index in [1.807, 2.05) is 13.8 Å². The van der Waals surface area contributed by atoms with E-state index in [2.05, 4.69) is 5.32 Å². The Bertz CT molecular complexity index is 599. The van der Waals surface area contributed by atoms with E-state index >= 15 is 0 Å². The lowest BCUT2D eigenvalue weighted by Gasteiger charge is -2.21. The van der Waals surface area contributed by atoms with Crippen LogP contribution in [0.4, 0.5) is 5.69 Å². The Morgan fingerprint density at radius 3 is 2.77 bits per heavy atom. The molecule has 3 N–H and O–H groups in total. The van der Waals surface area contributed by atoms with Crippen LogP contribution in [0.25, 0.3) is 0 Å². The van der Waals surface area contributed by atoms with E-state index in [0.29, 0.717) is 35.2 Å². The molecule has 0 saturated carbocycles. The first-order valence-electron chi connectivity index (χ1n) is 7.02. The van der Waals surface area contributed by atoms with Crippen molar-refractivity contribution in [3.63, 3.8) is 0 Å². The first kappa shape index (κ1) is 17.1. The van der Waals surface area contributed by atoms with Gasteiger partial charge in [-0.3, -0.25) is 9.59 Å². The normalized spacial score (nSPS) is 18.7. The van der Waals surface area contributed by atoms with Crippen molar-refractivity contribution in [3.8, 4) is 0 Å². The highest BCUT2D eigenvalue weighted by atomic mass is 35.5. The quantitative estimate of drug-likeness (QED) is 0.823. The van der Waals surface area contributed by atoms with Gasteiger partial charge < -0.3 is 16.0 Å². The summed E-state index contributed by atoms with van der Waals surface area (Å²) < 4.78 is 0.